The monoisotopic (exact) mass is 311 g/mol. The number of nitrogens with zero attached hydrogens (tertiary/aromatic N) is 1. The first-order valence-corrected chi connectivity index (χ1v) is 8.58. The largest absolute Gasteiger partial charge is 0.481 e. The van der Waals surface area contributed by atoms with E-state index in [0.717, 1.165) is 6.26 Å². The van der Waals surface area contributed by atoms with Gasteiger partial charge in [-0.1, -0.05) is 12.1 Å². The molecule has 1 fully saturated rings. The fourth-order valence-electron chi connectivity index (χ4n) is 2.34. The number of carboxylic acids is 1. The molecule has 1 aliphatic rings. The highest BCUT2D eigenvalue weighted by Gasteiger charge is 2.32. The summed E-state index contributed by atoms with van der Waals surface area (Å²) in [7, 11) is -3.09. The average molecular weight is 311 g/mol. The van der Waals surface area contributed by atoms with Crippen LogP contribution in [0.5, 0.6) is 0 Å². The summed E-state index contributed by atoms with van der Waals surface area (Å²) in [6, 6.07) is 6.46. The lowest BCUT2D eigenvalue weighted by molar-refractivity contribution is -0.139. The molecule has 1 amide bonds. The van der Waals surface area contributed by atoms with E-state index in [9.17, 15) is 18.0 Å². The van der Waals surface area contributed by atoms with Crippen LogP contribution in [-0.4, -0.2) is 49.6 Å². The number of carboxylic acid groups (broad SMARTS) is 1. The Kier molecular flexibility index (Phi) is 4.32. The Morgan fingerprint density at radius 1 is 1.24 bits per heavy atom. The number of carbonyl (C=O) groups is 2. The Bertz CT molecular complexity index is 644. The maximum atomic E-state index is 12.1. The Hall–Kier alpha value is -1.89. The first-order chi connectivity index (χ1) is 9.74. The number of rotatable bonds is 5. The van der Waals surface area contributed by atoms with Gasteiger partial charge in [-0.05, 0) is 17.7 Å². The van der Waals surface area contributed by atoms with Crippen molar-refractivity contribution in [2.45, 2.75) is 12.2 Å². The van der Waals surface area contributed by atoms with Crippen molar-refractivity contribution in [2.24, 2.45) is 5.92 Å². The van der Waals surface area contributed by atoms with Gasteiger partial charge in [0.25, 0.3) is 5.91 Å². The van der Waals surface area contributed by atoms with Gasteiger partial charge in [-0.15, -0.1) is 0 Å². The zero-order chi connectivity index (χ0) is 15.6. The van der Waals surface area contributed by atoms with Crippen molar-refractivity contribution in [1.29, 1.82) is 0 Å². The summed E-state index contributed by atoms with van der Waals surface area (Å²) < 4.78 is 22.4. The Labute approximate surface area is 123 Å². The molecule has 2 rings (SSSR count). The van der Waals surface area contributed by atoms with Crippen LogP contribution in [0.3, 0.4) is 0 Å². The first kappa shape index (κ1) is 15.5. The van der Waals surface area contributed by atoms with Crippen LogP contribution in [0.4, 0.5) is 0 Å². The Morgan fingerprint density at radius 3 is 2.29 bits per heavy atom. The number of amides is 1. The molecule has 1 aromatic rings. The van der Waals surface area contributed by atoms with Gasteiger partial charge in [0.15, 0.2) is 9.84 Å². The van der Waals surface area contributed by atoms with E-state index in [0.29, 0.717) is 24.2 Å². The normalized spacial score (nSPS) is 15.6. The number of carbonyl (C=O) groups excluding carboxylic acids is 1. The maximum absolute atomic E-state index is 12.1. The molecule has 1 aliphatic heterocycles. The molecule has 1 N–H and O–H groups in total. The number of sulfone groups is 1. The van der Waals surface area contributed by atoms with Crippen molar-refractivity contribution in [3.05, 3.63) is 35.4 Å². The summed E-state index contributed by atoms with van der Waals surface area (Å²) in [6.07, 6.45) is 1.24. The average Bonchev–Trinajstić information content (AvgIpc) is 2.31. The van der Waals surface area contributed by atoms with E-state index in [-0.39, 0.29) is 24.0 Å². The number of hydrogen-bond donors (Lipinski definition) is 1. The number of benzene rings is 1. The van der Waals surface area contributed by atoms with Crippen molar-refractivity contribution in [3.8, 4) is 0 Å². The van der Waals surface area contributed by atoms with Crippen LogP contribution in [-0.2, 0) is 20.4 Å². The Morgan fingerprint density at radius 2 is 1.81 bits per heavy atom. The first-order valence-electron chi connectivity index (χ1n) is 6.52. The fourth-order valence-corrected chi connectivity index (χ4v) is 3.14. The van der Waals surface area contributed by atoms with Crippen molar-refractivity contribution < 1.29 is 23.1 Å². The molecule has 0 unspecified atom stereocenters. The lowest BCUT2D eigenvalue weighted by Crippen LogP contribution is -2.50. The molecule has 0 spiro atoms. The van der Waals surface area contributed by atoms with Crippen molar-refractivity contribution >= 4 is 21.7 Å². The van der Waals surface area contributed by atoms with Gasteiger partial charge in [-0.2, -0.15) is 0 Å². The van der Waals surface area contributed by atoms with Gasteiger partial charge in [0.05, 0.1) is 12.2 Å². The number of hydrogen-bond acceptors (Lipinski definition) is 4. The third-order valence-corrected chi connectivity index (χ3v) is 4.20. The van der Waals surface area contributed by atoms with Crippen molar-refractivity contribution in [1.82, 2.24) is 4.90 Å². The Balaban J connectivity index is 1.94. The SMILES string of the molecule is CS(=O)(=O)Cc1ccc(C(=O)N2CC(CC(=O)O)C2)cc1. The molecule has 1 saturated heterocycles. The molecule has 1 aromatic carbocycles. The van der Waals surface area contributed by atoms with Crippen LogP contribution >= 0.6 is 0 Å². The van der Waals surface area contributed by atoms with E-state index in [2.05, 4.69) is 0 Å². The van der Waals surface area contributed by atoms with Crippen LogP contribution in [0.25, 0.3) is 0 Å². The molecule has 114 valence electrons. The molecule has 0 aromatic heterocycles. The summed E-state index contributed by atoms with van der Waals surface area (Å²) >= 11 is 0. The van der Waals surface area contributed by atoms with E-state index in [4.69, 9.17) is 5.11 Å². The van der Waals surface area contributed by atoms with Crippen LogP contribution < -0.4 is 0 Å². The van der Waals surface area contributed by atoms with Crippen LogP contribution in [0.1, 0.15) is 22.3 Å². The van der Waals surface area contributed by atoms with Crippen molar-refractivity contribution in [3.63, 3.8) is 0 Å². The van der Waals surface area contributed by atoms with Gasteiger partial charge < -0.3 is 10.0 Å². The molecule has 1 heterocycles. The minimum atomic E-state index is -3.09. The molecule has 0 atom stereocenters. The maximum Gasteiger partial charge on any atom is 0.303 e. The topological polar surface area (TPSA) is 91.8 Å². The van der Waals surface area contributed by atoms with E-state index < -0.39 is 15.8 Å². The predicted octanol–water partition coefficient (Wildman–Crippen LogP) is 0.778. The predicted molar refractivity (Wildman–Crippen MR) is 76.6 cm³/mol. The van der Waals surface area contributed by atoms with Crippen LogP contribution in [0, 0.1) is 5.92 Å². The third kappa shape index (κ3) is 4.29. The molecule has 6 nitrogen and oxygen atoms in total. The van der Waals surface area contributed by atoms with Crippen molar-refractivity contribution in [2.75, 3.05) is 19.3 Å². The third-order valence-electron chi connectivity index (χ3n) is 3.34. The van der Waals surface area contributed by atoms with Crippen LogP contribution in [0.2, 0.25) is 0 Å². The lowest BCUT2D eigenvalue weighted by atomic mass is 9.95. The number of aliphatic carboxylic acids is 1. The van der Waals surface area contributed by atoms with E-state index in [1.807, 2.05) is 0 Å². The molecule has 21 heavy (non-hydrogen) atoms. The molecule has 0 bridgehead atoms. The van der Waals surface area contributed by atoms with Gasteiger partial charge in [0.2, 0.25) is 0 Å². The molecule has 0 saturated carbocycles. The second-order valence-corrected chi connectivity index (χ2v) is 7.58. The molecular formula is C14H17NO5S. The quantitative estimate of drug-likeness (QED) is 0.867. The summed E-state index contributed by atoms with van der Waals surface area (Å²) in [5.74, 6) is -1.03. The standard InChI is InChI=1S/C14H17NO5S/c1-21(19,20)9-10-2-4-12(5-3-10)14(18)15-7-11(8-15)6-13(16)17/h2-5,11H,6-9H2,1H3,(H,16,17). The highest BCUT2D eigenvalue weighted by Crippen LogP contribution is 2.21. The van der Waals surface area contributed by atoms with E-state index in [1.54, 1.807) is 29.2 Å². The van der Waals surface area contributed by atoms with Gasteiger partial charge in [-0.25, -0.2) is 8.42 Å². The minimum Gasteiger partial charge on any atom is -0.481 e. The fraction of sp³-hybridized carbons (Fsp3) is 0.429. The number of likely N-dealkylation sites (tertiary alicyclic amines) is 1. The second kappa shape index (κ2) is 5.85. The second-order valence-electron chi connectivity index (χ2n) is 5.44. The smallest absolute Gasteiger partial charge is 0.303 e. The van der Waals surface area contributed by atoms with E-state index in [1.165, 1.54) is 0 Å². The van der Waals surface area contributed by atoms with E-state index >= 15 is 0 Å². The highest BCUT2D eigenvalue weighted by atomic mass is 32.2. The summed E-state index contributed by atoms with van der Waals surface area (Å²) in [5, 5.41) is 8.66. The molecule has 0 radical (unpaired) electrons. The summed E-state index contributed by atoms with van der Waals surface area (Å²) in [4.78, 5) is 24.3. The zero-order valence-electron chi connectivity index (χ0n) is 11.7. The van der Waals surface area contributed by atoms with Crippen LogP contribution in [0.15, 0.2) is 24.3 Å². The highest BCUT2D eigenvalue weighted by molar-refractivity contribution is 7.89. The summed E-state index contributed by atoms with van der Waals surface area (Å²) in [5.41, 5.74) is 1.13. The van der Waals surface area contributed by atoms with Gasteiger partial charge in [0, 0.05) is 30.8 Å². The molecular weight excluding hydrogens is 294 g/mol. The molecule has 7 heteroatoms. The lowest BCUT2D eigenvalue weighted by Gasteiger charge is -2.38. The zero-order valence-corrected chi connectivity index (χ0v) is 12.5. The molecule has 0 aliphatic carbocycles. The van der Waals surface area contributed by atoms with Gasteiger partial charge >= 0.3 is 5.97 Å². The van der Waals surface area contributed by atoms with Gasteiger partial charge in [0.1, 0.15) is 0 Å². The van der Waals surface area contributed by atoms with Gasteiger partial charge in [-0.3, -0.25) is 9.59 Å². The summed E-state index contributed by atoms with van der Waals surface area (Å²) in [6.45, 7) is 0.909. The minimum absolute atomic E-state index is 0.0240.